The van der Waals surface area contributed by atoms with Crippen LogP contribution in [0, 0.1) is 0 Å². The smallest absolute Gasteiger partial charge is 0.160 e. The van der Waals surface area contributed by atoms with Crippen LogP contribution >= 0.6 is 11.3 Å². The summed E-state index contributed by atoms with van der Waals surface area (Å²) in [4.78, 5) is 10.8. The van der Waals surface area contributed by atoms with Crippen molar-refractivity contribution in [1.82, 2.24) is 9.97 Å². The van der Waals surface area contributed by atoms with Gasteiger partial charge in [-0.25, -0.2) is 9.97 Å². The normalized spacial score (nSPS) is 13.6. The van der Waals surface area contributed by atoms with E-state index in [0.717, 1.165) is 77.0 Å². The van der Waals surface area contributed by atoms with Gasteiger partial charge in [0.05, 0.1) is 21.3 Å². The van der Waals surface area contributed by atoms with E-state index < -0.39 is 5.41 Å². The molecule has 1 aliphatic heterocycles. The summed E-state index contributed by atoms with van der Waals surface area (Å²) in [6.07, 6.45) is 0. The van der Waals surface area contributed by atoms with Crippen LogP contribution < -0.4 is 4.74 Å². The molecule has 0 saturated carbocycles. The van der Waals surface area contributed by atoms with Gasteiger partial charge in [-0.1, -0.05) is 121 Å². The van der Waals surface area contributed by atoms with Crippen LogP contribution in [0.15, 0.2) is 174 Å². The summed E-state index contributed by atoms with van der Waals surface area (Å²) in [5.41, 5.74) is 12.3. The summed E-state index contributed by atoms with van der Waals surface area (Å²) < 4.78 is 15.1. The minimum absolute atomic E-state index is 0.612. The molecule has 8 aromatic carbocycles. The molecule has 0 atom stereocenters. The molecule has 5 heteroatoms. The quantitative estimate of drug-likeness (QED) is 0.178. The highest BCUT2D eigenvalue weighted by Gasteiger charge is 2.51. The molecule has 260 valence electrons. The average molecular weight is 733 g/mol. The molecule has 0 saturated heterocycles. The molecule has 4 heterocycles. The van der Waals surface area contributed by atoms with Crippen molar-refractivity contribution in [3.8, 4) is 45.3 Å². The van der Waals surface area contributed by atoms with E-state index in [0.29, 0.717) is 5.82 Å². The second-order valence-corrected chi connectivity index (χ2v) is 15.8. The van der Waals surface area contributed by atoms with E-state index in [9.17, 15) is 0 Å². The van der Waals surface area contributed by atoms with Gasteiger partial charge in [0.2, 0.25) is 0 Å². The van der Waals surface area contributed by atoms with E-state index in [2.05, 4.69) is 152 Å². The monoisotopic (exact) mass is 732 g/mol. The van der Waals surface area contributed by atoms with Gasteiger partial charge < -0.3 is 9.15 Å². The summed E-state index contributed by atoms with van der Waals surface area (Å²) in [7, 11) is 0. The lowest BCUT2D eigenvalue weighted by molar-refractivity contribution is 0.436. The molecular weight excluding hydrogens is 705 g/mol. The van der Waals surface area contributed by atoms with Crippen LogP contribution in [-0.4, -0.2) is 9.97 Å². The molecule has 0 unspecified atom stereocenters. The van der Waals surface area contributed by atoms with Gasteiger partial charge in [0.25, 0.3) is 0 Å². The van der Waals surface area contributed by atoms with Crippen molar-refractivity contribution in [2.45, 2.75) is 5.41 Å². The topological polar surface area (TPSA) is 48.2 Å². The number of benzene rings is 8. The van der Waals surface area contributed by atoms with Crippen LogP contribution in [0.3, 0.4) is 0 Å². The number of nitrogens with zero attached hydrogens (tertiary/aromatic N) is 2. The van der Waals surface area contributed by atoms with Gasteiger partial charge in [0.15, 0.2) is 5.82 Å². The molecule has 0 amide bonds. The van der Waals surface area contributed by atoms with Crippen LogP contribution in [-0.2, 0) is 5.41 Å². The number of hydrogen-bond donors (Lipinski definition) is 0. The molecule has 11 aromatic rings. The Morgan fingerprint density at radius 2 is 1.18 bits per heavy atom. The first-order chi connectivity index (χ1) is 27.7. The first-order valence-corrected chi connectivity index (χ1v) is 19.7. The number of fused-ring (bicyclic) bond motifs is 17. The van der Waals surface area contributed by atoms with Crippen molar-refractivity contribution in [1.29, 1.82) is 0 Å². The highest BCUT2D eigenvalue weighted by molar-refractivity contribution is 7.26. The van der Waals surface area contributed by atoms with Crippen LogP contribution in [0.25, 0.3) is 86.8 Å². The number of furan rings is 1. The fourth-order valence-corrected chi connectivity index (χ4v) is 10.7. The molecule has 0 fully saturated rings. The van der Waals surface area contributed by atoms with Gasteiger partial charge in [-0.2, -0.15) is 0 Å². The molecule has 0 bridgehead atoms. The first kappa shape index (κ1) is 30.3. The molecule has 13 rings (SSSR count). The maximum absolute atomic E-state index is 6.68. The fraction of sp³-hybridized carbons (Fsp3) is 0.0196. The minimum Gasteiger partial charge on any atom is -0.457 e. The van der Waals surface area contributed by atoms with E-state index in [1.54, 1.807) is 11.3 Å². The Balaban J connectivity index is 1.13. The lowest BCUT2D eigenvalue weighted by Gasteiger charge is -2.39. The van der Waals surface area contributed by atoms with Crippen molar-refractivity contribution in [2.75, 3.05) is 0 Å². The van der Waals surface area contributed by atoms with Crippen LogP contribution in [0.4, 0.5) is 0 Å². The van der Waals surface area contributed by atoms with Gasteiger partial charge >= 0.3 is 0 Å². The highest BCUT2D eigenvalue weighted by Crippen LogP contribution is 2.63. The summed E-state index contributed by atoms with van der Waals surface area (Å²) in [6.45, 7) is 0. The maximum atomic E-state index is 6.68. The van der Waals surface area contributed by atoms with Gasteiger partial charge in [-0.05, 0) is 81.6 Å². The van der Waals surface area contributed by atoms with E-state index in [1.165, 1.54) is 37.7 Å². The molecule has 0 radical (unpaired) electrons. The fourth-order valence-electron chi connectivity index (χ4n) is 9.59. The van der Waals surface area contributed by atoms with Gasteiger partial charge in [-0.3, -0.25) is 0 Å². The summed E-state index contributed by atoms with van der Waals surface area (Å²) >= 11 is 1.76. The van der Waals surface area contributed by atoms with Gasteiger partial charge in [0.1, 0.15) is 22.7 Å². The molecule has 1 spiro atoms. The van der Waals surface area contributed by atoms with Crippen molar-refractivity contribution in [3.63, 3.8) is 0 Å². The Morgan fingerprint density at radius 1 is 0.482 bits per heavy atom. The van der Waals surface area contributed by atoms with Crippen molar-refractivity contribution in [2.24, 2.45) is 0 Å². The Bertz CT molecular complexity index is 3440. The van der Waals surface area contributed by atoms with E-state index in [1.807, 2.05) is 18.2 Å². The Kier molecular flexibility index (Phi) is 5.95. The molecule has 4 nitrogen and oxygen atoms in total. The Hall–Kier alpha value is -7.08. The molecule has 0 N–H and O–H groups in total. The number of thiophene rings is 1. The molecule has 56 heavy (non-hydrogen) atoms. The van der Waals surface area contributed by atoms with Crippen LogP contribution in [0.5, 0.6) is 11.5 Å². The lowest BCUT2D eigenvalue weighted by atomic mass is 9.66. The van der Waals surface area contributed by atoms with Gasteiger partial charge in [0, 0.05) is 43.1 Å². The molecule has 1 aliphatic carbocycles. The zero-order chi connectivity index (χ0) is 36.5. The van der Waals surface area contributed by atoms with Crippen molar-refractivity contribution in [3.05, 3.63) is 192 Å². The largest absolute Gasteiger partial charge is 0.457 e. The second-order valence-electron chi connectivity index (χ2n) is 14.8. The predicted octanol–water partition coefficient (Wildman–Crippen LogP) is 13.7. The Labute approximate surface area is 324 Å². The predicted molar refractivity (Wildman–Crippen MR) is 228 cm³/mol. The third kappa shape index (κ3) is 3.92. The Morgan fingerprint density at radius 3 is 2.04 bits per heavy atom. The summed E-state index contributed by atoms with van der Waals surface area (Å²) in [6, 6.07) is 60.5. The number of para-hydroxylation sites is 3. The first-order valence-electron chi connectivity index (χ1n) is 18.9. The van der Waals surface area contributed by atoms with Crippen LogP contribution in [0.2, 0.25) is 0 Å². The van der Waals surface area contributed by atoms with E-state index in [4.69, 9.17) is 19.1 Å². The third-order valence-electron chi connectivity index (χ3n) is 12.0. The highest BCUT2D eigenvalue weighted by atomic mass is 32.1. The maximum Gasteiger partial charge on any atom is 0.160 e. The molecule has 2 aliphatic rings. The second kappa shape index (κ2) is 11.0. The molecule has 3 aromatic heterocycles. The average Bonchev–Trinajstić information content (AvgIpc) is 3.92. The van der Waals surface area contributed by atoms with Crippen molar-refractivity contribution >= 4 is 64.4 Å². The van der Waals surface area contributed by atoms with E-state index >= 15 is 0 Å². The lowest BCUT2D eigenvalue weighted by Crippen LogP contribution is -2.32. The molecular formula is C51H28N2O2S. The van der Waals surface area contributed by atoms with Crippen LogP contribution in [0.1, 0.15) is 22.3 Å². The zero-order valence-corrected chi connectivity index (χ0v) is 30.6. The third-order valence-corrected chi connectivity index (χ3v) is 13.1. The number of hydrogen-bond acceptors (Lipinski definition) is 5. The standard InChI is InChI=1S/C51H28N2O2S/c1-2-12-32-29(11-1)22-25-39-46(32)34-24-21-30(28-40(34)51(39)37-15-5-8-18-43(37)55-44-19-9-6-16-38(44)51)47-49-48(35-14-4-10-20-45(35)56-49)53-50(52-47)31-23-26-42-36(27-31)33-13-3-7-17-41(33)54-42/h1-28H. The summed E-state index contributed by atoms with van der Waals surface area (Å²) in [5, 5.41) is 5.74. The SMILES string of the molecule is c1ccc2c(c1)Oc1ccccc1C21c2cc(-c3nc(-c4ccc5oc6ccccc6c5c4)nc4c3sc3ccccc34)ccc2-c2c1ccc1ccccc21. The zero-order valence-electron chi connectivity index (χ0n) is 29.8. The number of aromatic nitrogens is 2. The number of ether oxygens (including phenoxy) is 1. The number of rotatable bonds is 2. The van der Waals surface area contributed by atoms with Crippen molar-refractivity contribution < 1.29 is 9.15 Å². The van der Waals surface area contributed by atoms with E-state index in [-0.39, 0.29) is 0 Å². The minimum atomic E-state index is -0.612. The summed E-state index contributed by atoms with van der Waals surface area (Å²) in [5.74, 6) is 2.44. The van der Waals surface area contributed by atoms with Gasteiger partial charge in [-0.15, -0.1) is 11.3 Å².